The first-order valence-corrected chi connectivity index (χ1v) is 10.3. The van der Waals surface area contributed by atoms with Crippen molar-refractivity contribution < 1.29 is 9.59 Å². The number of carbonyl (C=O) groups is 2. The SMILES string of the molecule is CC(C)c1cc(C(=O)c2cccc(NC(=O)Nc3cccc(Cl)c3)c2)c2c(N)ncnn12. The standard InChI is InChI=1S/C23H21ClN6O2/c1-13(2)19-11-18(20-22(25)26-12-27-30(19)20)21(31)14-5-3-7-16(9-14)28-23(32)29-17-8-4-6-15(24)10-17/h3-13H,1-2H3,(H2,25,26,27)(H2,28,29,32). The topological polar surface area (TPSA) is 114 Å². The number of hydrogen-bond donors (Lipinski definition) is 3. The van der Waals surface area contributed by atoms with Crippen LogP contribution < -0.4 is 16.4 Å². The summed E-state index contributed by atoms with van der Waals surface area (Å²) in [5.41, 5.74) is 9.22. The quantitative estimate of drug-likeness (QED) is 0.373. The molecule has 2 amide bonds. The monoisotopic (exact) mass is 448 g/mol. The third kappa shape index (κ3) is 4.26. The number of nitrogens with one attached hydrogen (secondary N) is 2. The van der Waals surface area contributed by atoms with Crippen LogP contribution in [-0.4, -0.2) is 26.4 Å². The zero-order valence-electron chi connectivity index (χ0n) is 17.5. The Hall–Kier alpha value is -3.91. The van der Waals surface area contributed by atoms with Crippen LogP contribution in [0, 0.1) is 0 Å². The predicted molar refractivity (Wildman–Crippen MR) is 125 cm³/mol. The van der Waals surface area contributed by atoms with E-state index in [-0.39, 0.29) is 17.5 Å². The van der Waals surface area contributed by atoms with Crippen LogP contribution in [0.1, 0.15) is 41.4 Å². The van der Waals surface area contributed by atoms with Crippen LogP contribution in [0.15, 0.2) is 60.9 Å². The first kappa shape index (κ1) is 21.3. The van der Waals surface area contributed by atoms with Crippen molar-refractivity contribution in [2.24, 2.45) is 0 Å². The number of nitrogens with two attached hydrogens (primary N) is 1. The largest absolute Gasteiger partial charge is 0.382 e. The Labute approximate surface area is 189 Å². The van der Waals surface area contributed by atoms with E-state index in [4.69, 9.17) is 17.3 Å². The summed E-state index contributed by atoms with van der Waals surface area (Å²) in [6, 6.07) is 14.8. The lowest BCUT2D eigenvalue weighted by molar-refractivity contribution is 0.104. The highest BCUT2D eigenvalue weighted by molar-refractivity contribution is 6.30. The van der Waals surface area contributed by atoms with Gasteiger partial charge in [0.05, 0.1) is 5.56 Å². The molecule has 0 aliphatic rings. The number of urea groups is 1. The van der Waals surface area contributed by atoms with E-state index in [2.05, 4.69) is 20.7 Å². The van der Waals surface area contributed by atoms with Crippen molar-refractivity contribution in [1.29, 1.82) is 0 Å². The Morgan fingerprint density at radius 1 is 1.03 bits per heavy atom. The molecule has 2 heterocycles. The van der Waals surface area contributed by atoms with Gasteiger partial charge in [-0.25, -0.2) is 14.3 Å². The molecule has 4 aromatic rings. The maximum atomic E-state index is 13.3. The molecule has 0 radical (unpaired) electrons. The first-order valence-electron chi connectivity index (χ1n) is 9.94. The molecule has 4 N–H and O–H groups in total. The molecule has 32 heavy (non-hydrogen) atoms. The van der Waals surface area contributed by atoms with Crippen molar-refractivity contribution in [2.45, 2.75) is 19.8 Å². The Morgan fingerprint density at radius 2 is 1.72 bits per heavy atom. The Bertz CT molecular complexity index is 1330. The minimum Gasteiger partial charge on any atom is -0.382 e. The lowest BCUT2D eigenvalue weighted by atomic mass is 10.0. The fraction of sp³-hybridized carbons (Fsp3) is 0.130. The molecule has 0 unspecified atom stereocenters. The van der Waals surface area contributed by atoms with Gasteiger partial charge in [0.25, 0.3) is 0 Å². The normalized spacial score (nSPS) is 11.0. The Kier molecular flexibility index (Phi) is 5.79. The molecule has 0 aliphatic carbocycles. The van der Waals surface area contributed by atoms with Crippen LogP contribution in [0.4, 0.5) is 22.0 Å². The molecule has 0 fully saturated rings. The van der Waals surface area contributed by atoms with E-state index in [0.29, 0.717) is 33.0 Å². The number of ketones is 1. The summed E-state index contributed by atoms with van der Waals surface area (Å²) in [6.07, 6.45) is 1.37. The third-order valence-corrected chi connectivity index (χ3v) is 5.15. The third-order valence-electron chi connectivity index (χ3n) is 4.91. The minimum absolute atomic E-state index is 0.126. The van der Waals surface area contributed by atoms with E-state index < -0.39 is 6.03 Å². The zero-order valence-corrected chi connectivity index (χ0v) is 18.2. The highest BCUT2D eigenvalue weighted by Crippen LogP contribution is 2.27. The number of carbonyl (C=O) groups excluding carboxylic acids is 2. The maximum Gasteiger partial charge on any atom is 0.323 e. The number of nitrogen functional groups attached to an aromatic ring is 1. The summed E-state index contributed by atoms with van der Waals surface area (Å²) in [5, 5.41) is 10.2. The summed E-state index contributed by atoms with van der Waals surface area (Å²) in [6.45, 7) is 4.02. The Balaban J connectivity index is 1.61. The number of benzene rings is 2. The molecule has 2 aromatic carbocycles. The molecule has 0 saturated carbocycles. The van der Waals surface area contributed by atoms with Gasteiger partial charge in [-0.1, -0.05) is 43.6 Å². The second-order valence-electron chi connectivity index (χ2n) is 7.54. The number of anilines is 3. The van der Waals surface area contributed by atoms with E-state index in [1.165, 1.54) is 6.33 Å². The van der Waals surface area contributed by atoms with Gasteiger partial charge in [0, 0.05) is 27.7 Å². The van der Waals surface area contributed by atoms with Crippen LogP contribution in [0.5, 0.6) is 0 Å². The summed E-state index contributed by atoms with van der Waals surface area (Å²) in [7, 11) is 0. The van der Waals surface area contributed by atoms with Crippen molar-refractivity contribution in [3.05, 3.63) is 82.8 Å². The number of nitrogens with zero attached hydrogens (tertiary/aromatic N) is 3. The second kappa shape index (κ2) is 8.68. The van der Waals surface area contributed by atoms with Gasteiger partial charge in [0.15, 0.2) is 11.6 Å². The van der Waals surface area contributed by atoms with E-state index in [0.717, 1.165) is 5.69 Å². The van der Waals surface area contributed by atoms with E-state index in [1.807, 2.05) is 13.8 Å². The molecular formula is C23H21ClN6O2. The number of rotatable bonds is 5. The summed E-state index contributed by atoms with van der Waals surface area (Å²) in [5.74, 6) is 0.113. The molecule has 9 heteroatoms. The zero-order chi connectivity index (χ0) is 22.8. The van der Waals surface area contributed by atoms with E-state index in [1.54, 1.807) is 59.1 Å². The molecular weight excluding hydrogens is 428 g/mol. The van der Waals surface area contributed by atoms with Gasteiger partial charge in [-0.05, 0) is 42.3 Å². The Morgan fingerprint density at radius 3 is 2.41 bits per heavy atom. The molecule has 2 aromatic heterocycles. The molecule has 8 nitrogen and oxygen atoms in total. The summed E-state index contributed by atoms with van der Waals surface area (Å²) < 4.78 is 1.65. The lowest BCUT2D eigenvalue weighted by Gasteiger charge is -2.09. The highest BCUT2D eigenvalue weighted by atomic mass is 35.5. The molecule has 0 atom stereocenters. The summed E-state index contributed by atoms with van der Waals surface area (Å²) in [4.78, 5) is 29.7. The molecule has 0 spiro atoms. The van der Waals surface area contributed by atoms with Crippen LogP contribution in [0.2, 0.25) is 5.02 Å². The van der Waals surface area contributed by atoms with Gasteiger partial charge in [0.2, 0.25) is 0 Å². The minimum atomic E-state index is -0.453. The lowest BCUT2D eigenvalue weighted by Crippen LogP contribution is -2.19. The fourth-order valence-electron chi connectivity index (χ4n) is 3.43. The van der Waals surface area contributed by atoms with Gasteiger partial charge in [0.1, 0.15) is 11.8 Å². The average Bonchev–Trinajstić information content (AvgIpc) is 3.15. The number of amides is 2. The van der Waals surface area contributed by atoms with Gasteiger partial charge in [-0.15, -0.1) is 0 Å². The molecule has 0 bridgehead atoms. The second-order valence-corrected chi connectivity index (χ2v) is 7.98. The van der Waals surface area contributed by atoms with Crippen molar-refractivity contribution in [3.63, 3.8) is 0 Å². The van der Waals surface area contributed by atoms with Crippen molar-refractivity contribution in [1.82, 2.24) is 14.6 Å². The number of aromatic nitrogens is 3. The molecule has 0 saturated heterocycles. The van der Waals surface area contributed by atoms with Gasteiger partial charge >= 0.3 is 6.03 Å². The number of hydrogen-bond acceptors (Lipinski definition) is 5. The van der Waals surface area contributed by atoms with E-state index >= 15 is 0 Å². The number of fused-ring (bicyclic) bond motifs is 1. The fourth-order valence-corrected chi connectivity index (χ4v) is 3.62. The highest BCUT2D eigenvalue weighted by Gasteiger charge is 2.22. The smallest absolute Gasteiger partial charge is 0.323 e. The van der Waals surface area contributed by atoms with Crippen LogP contribution >= 0.6 is 11.6 Å². The average molecular weight is 449 g/mol. The van der Waals surface area contributed by atoms with Gasteiger partial charge in [-0.2, -0.15) is 5.10 Å². The first-order chi connectivity index (χ1) is 15.3. The van der Waals surface area contributed by atoms with Crippen LogP contribution in [-0.2, 0) is 0 Å². The van der Waals surface area contributed by atoms with Crippen molar-refractivity contribution in [2.75, 3.05) is 16.4 Å². The molecule has 4 rings (SSSR count). The van der Waals surface area contributed by atoms with Crippen molar-refractivity contribution in [3.8, 4) is 0 Å². The number of halogens is 1. The van der Waals surface area contributed by atoms with Crippen LogP contribution in [0.3, 0.4) is 0 Å². The maximum absolute atomic E-state index is 13.3. The predicted octanol–water partition coefficient (Wildman–Crippen LogP) is 4.96. The van der Waals surface area contributed by atoms with Crippen molar-refractivity contribution >= 4 is 46.1 Å². The van der Waals surface area contributed by atoms with Gasteiger partial charge < -0.3 is 16.4 Å². The van der Waals surface area contributed by atoms with Crippen LogP contribution in [0.25, 0.3) is 5.52 Å². The van der Waals surface area contributed by atoms with E-state index in [9.17, 15) is 9.59 Å². The summed E-state index contributed by atoms with van der Waals surface area (Å²) >= 11 is 5.95. The van der Waals surface area contributed by atoms with Gasteiger partial charge in [-0.3, -0.25) is 4.79 Å². The molecule has 162 valence electrons. The molecule has 0 aliphatic heterocycles.